The molecule has 2 heteroatoms. The molecule has 84 valence electrons. The normalized spacial score (nSPS) is 30.0. The van der Waals surface area contributed by atoms with Crippen LogP contribution < -0.4 is 5.32 Å². The zero-order valence-corrected chi connectivity index (χ0v) is 10.6. The summed E-state index contributed by atoms with van der Waals surface area (Å²) < 4.78 is 0. The molecule has 1 fully saturated rings. The summed E-state index contributed by atoms with van der Waals surface area (Å²) in [6.07, 6.45) is 1.23. The Labute approximate surface area is 89.1 Å². The van der Waals surface area contributed by atoms with Crippen molar-refractivity contribution < 1.29 is 0 Å². The Kier molecular flexibility index (Phi) is 3.27. The third-order valence-corrected chi connectivity index (χ3v) is 3.23. The van der Waals surface area contributed by atoms with Crippen LogP contribution in [0.2, 0.25) is 0 Å². The summed E-state index contributed by atoms with van der Waals surface area (Å²) in [5.74, 6) is 0. The largest absolute Gasteiger partial charge is 0.313 e. The Morgan fingerprint density at radius 2 is 1.86 bits per heavy atom. The van der Waals surface area contributed by atoms with E-state index in [1.54, 1.807) is 0 Å². The van der Waals surface area contributed by atoms with Crippen LogP contribution in [0, 0.1) is 0 Å². The number of hydrogen-bond donors (Lipinski definition) is 1. The quantitative estimate of drug-likeness (QED) is 0.642. The molecule has 0 amide bonds. The van der Waals surface area contributed by atoms with Crippen LogP contribution in [-0.4, -0.2) is 35.1 Å². The van der Waals surface area contributed by atoms with Crippen molar-refractivity contribution in [3.8, 4) is 0 Å². The van der Waals surface area contributed by atoms with Crippen molar-refractivity contribution >= 4 is 0 Å². The Morgan fingerprint density at radius 1 is 1.29 bits per heavy atom. The van der Waals surface area contributed by atoms with Gasteiger partial charge in [-0.05, 0) is 54.5 Å². The average Bonchev–Trinajstić information content (AvgIpc) is 2.08. The third-order valence-electron chi connectivity index (χ3n) is 3.23. The van der Waals surface area contributed by atoms with Crippen LogP contribution in [0.3, 0.4) is 0 Å². The molecule has 0 saturated carbocycles. The Balaban J connectivity index is 2.85. The van der Waals surface area contributed by atoms with Crippen molar-refractivity contribution in [3.63, 3.8) is 0 Å². The highest BCUT2D eigenvalue weighted by atomic mass is 15.3. The van der Waals surface area contributed by atoms with Gasteiger partial charge in [0, 0.05) is 23.7 Å². The molecular formula is C12H26N2. The van der Waals surface area contributed by atoms with Crippen LogP contribution in [0.25, 0.3) is 0 Å². The number of rotatable bonds is 0. The van der Waals surface area contributed by atoms with Crippen molar-refractivity contribution in [3.05, 3.63) is 0 Å². The molecule has 1 unspecified atom stereocenters. The van der Waals surface area contributed by atoms with E-state index in [-0.39, 0.29) is 5.54 Å². The summed E-state index contributed by atoms with van der Waals surface area (Å²) in [4.78, 5) is 2.63. The van der Waals surface area contributed by atoms with Gasteiger partial charge in [0.15, 0.2) is 0 Å². The lowest BCUT2D eigenvalue weighted by atomic mass is 9.92. The average molecular weight is 198 g/mol. The zero-order chi connectivity index (χ0) is 11.0. The highest BCUT2D eigenvalue weighted by Gasteiger charge is 2.36. The summed E-state index contributed by atoms with van der Waals surface area (Å²) in [7, 11) is 0. The van der Waals surface area contributed by atoms with Crippen molar-refractivity contribution in [2.24, 2.45) is 0 Å². The highest BCUT2D eigenvalue weighted by Crippen LogP contribution is 2.29. The van der Waals surface area contributed by atoms with Crippen molar-refractivity contribution in [2.75, 3.05) is 13.1 Å². The van der Waals surface area contributed by atoms with Gasteiger partial charge in [-0.2, -0.15) is 0 Å². The lowest BCUT2D eigenvalue weighted by molar-refractivity contribution is 0.0280. The van der Waals surface area contributed by atoms with E-state index in [1.165, 1.54) is 6.42 Å². The molecule has 0 aromatic heterocycles. The van der Waals surface area contributed by atoms with Crippen LogP contribution in [-0.2, 0) is 0 Å². The van der Waals surface area contributed by atoms with E-state index >= 15 is 0 Å². The van der Waals surface area contributed by atoms with Gasteiger partial charge >= 0.3 is 0 Å². The van der Waals surface area contributed by atoms with E-state index in [2.05, 4.69) is 51.8 Å². The summed E-state index contributed by atoms with van der Waals surface area (Å²) in [6, 6.07) is 0.607. The molecule has 1 aliphatic heterocycles. The van der Waals surface area contributed by atoms with Gasteiger partial charge in [0.25, 0.3) is 0 Å². The van der Waals surface area contributed by atoms with E-state index in [0.29, 0.717) is 11.6 Å². The highest BCUT2D eigenvalue weighted by molar-refractivity contribution is 4.94. The van der Waals surface area contributed by atoms with Gasteiger partial charge in [-0.1, -0.05) is 0 Å². The second-order valence-electron chi connectivity index (χ2n) is 6.20. The summed E-state index contributed by atoms with van der Waals surface area (Å²) in [5.41, 5.74) is 0.583. The van der Waals surface area contributed by atoms with Gasteiger partial charge in [-0.25, -0.2) is 0 Å². The molecule has 1 saturated heterocycles. The zero-order valence-electron chi connectivity index (χ0n) is 10.6. The van der Waals surface area contributed by atoms with Crippen LogP contribution >= 0.6 is 0 Å². The fraction of sp³-hybridized carbons (Fsp3) is 1.00. The Bertz CT molecular complexity index is 191. The molecule has 0 radical (unpaired) electrons. The molecule has 0 aromatic rings. The molecule has 1 rings (SSSR count). The summed E-state index contributed by atoms with van der Waals surface area (Å²) in [6.45, 7) is 16.2. The van der Waals surface area contributed by atoms with Crippen molar-refractivity contribution in [1.82, 2.24) is 10.2 Å². The first-order chi connectivity index (χ1) is 6.23. The van der Waals surface area contributed by atoms with Gasteiger partial charge < -0.3 is 5.32 Å². The fourth-order valence-electron chi connectivity index (χ4n) is 2.53. The first-order valence-corrected chi connectivity index (χ1v) is 5.74. The van der Waals surface area contributed by atoms with Gasteiger partial charge in [-0.3, -0.25) is 4.90 Å². The van der Waals surface area contributed by atoms with E-state index in [0.717, 1.165) is 13.1 Å². The monoisotopic (exact) mass is 198 g/mol. The van der Waals surface area contributed by atoms with Crippen molar-refractivity contribution in [2.45, 2.75) is 65.1 Å². The van der Waals surface area contributed by atoms with Gasteiger partial charge in [0.05, 0.1) is 0 Å². The molecule has 1 aliphatic rings. The maximum absolute atomic E-state index is 3.56. The first kappa shape index (κ1) is 12.0. The molecule has 14 heavy (non-hydrogen) atoms. The topological polar surface area (TPSA) is 15.3 Å². The number of hydrogen-bond acceptors (Lipinski definition) is 2. The smallest absolute Gasteiger partial charge is 0.0171 e. The number of nitrogens with one attached hydrogen (secondary N) is 1. The van der Waals surface area contributed by atoms with Gasteiger partial charge in [0.2, 0.25) is 0 Å². The van der Waals surface area contributed by atoms with Gasteiger partial charge in [-0.15, -0.1) is 0 Å². The maximum atomic E-state index is 3.56. The lowest BCUT2D eigenvalue weighted by Gasteiger charge is -2.46. The van der Waals surface area contributed by atoms with Crippen molar-refractivity contribution in [1.29, 1.82) is 0 Å². The summed E-state index contributed by atoms with van der Waals surface area (Å²) >= 11 is 0. The molecule has 0 spiro atoms. The minimum Gasteiger partial charge on any atom is -0.313 e. The van der Waals surface area contributed by atoms with Crippen LogP contribution in [0.4, 0.5) is 0 Å². The predicted molar refractivity (Wildman–Crippen MR) is 62.6 cm³/mol. The maximum Gasteiger partial charge on any atom is 0.0171 e. The van der Waals surface area contributed by atoms with E-state index in [1.807, 2.05) is 0 Å². The third kappa shape index (κ3) is 2.71. The molecule has 1 N–H and O–H groups in total. The van der Waals surface area contributed by atoms with Crippen LogP contribution in [0.15, 0.2) is 0 Å². The van der Waals surface area contributed by atoms with Crippen LogP contribution in [0.5, 0.6) is 0 Å². The minimum absolute atomic E-state index is 0.268. The summed E-state index contributed by atoms with van der Waals surface area (Å²) in [5, 5.41) is 3.56. The second-order valence-corrected chi connectivity index (χ2v) is 6.20. The van der Waals surface area contributed by atoms with Crippen LogP contribution in [0.1, 0.15) is 48.0 Å². The standard InChI is InChI=1S/C12H26N2/c1-10-9-14(11(2,3)4)12(5,6)7-8-13-10/h10,13H,7-9H2,1-6H3. The SMILES string of the molecule is CC1CN(C(C)(C)C)C(C)(C)CCN1. The minimum atomic E-state index is 0.268. The number of nitrogens with zero attached hydrogens (tertiary/aromatic N) is 1. The molecule has 1 atom stereocenters. The first-order valence-electron chi connectivity index (χ1n) is 5.74. The van der Waals surface area contributed by atoms with E-state index in [9.17, 15) is 0 Å². The van der Waals surface area contributed by atoms with E-state index < -0.39 is 0 Å². The fourth-order valence-corrected chi connectivity index (χ4v) is 2.53. The molecule has 0 bridgehead atoms. The predicted octanol–water partition coefficient (Wildman–Crippen LogP) is 2.25. The molecule has 0 aromatic carbocycles. The molecule has 0 aliphatic carbocycles. The molecule has 2 nitrogen and oxygen atoms in total. The second kappa shape index (κ2) is 3.82. The molecule has 1 heterocycles. The molecular weight excluding hydrogens is 172 g/mol. The lowest BCUT2D eigenvalue weighted by Crippen LogP contribution is -2.55. The van der Waals surface area contributed by atoms with E-state index in [4.69, 9.17) is 0 Å². The Morgan fingerprint density at radius 3 is 2.36 bits per heavy atom. The van der Waals surface area contributed by atoms with Gasteiger partial charge in [0.1, 0.15) is 0 Å². The Hall–Kier alpha value is -0.0800.